The number of nitrogens with zero attached hydrogens (tertiary/aromatic N) is 2. The van der Waals surface area contributed by atoms with E-state index in [0.29, 0.717) is 12.1 Å². The van der Waals surface area contributed by atoms with E-state index in [0.717, 1.165) is 14.8 Å². The van der Waals surface area contributed by atoms with E-state index >= 15 is 0 Å². The zero-order valence-electron chi connectivity index (χ0n) is 11.7. The number of halogens is 1. The molecule has 1 heterocycles. The quantitative estimate of drug-likeness (QED) is 0.679. The fourth-order valence-electron chi connectivity index (χ4n) is 2.23. The maximum absolute atomic E-state index is 12.3. The number of carbonyl (C=O) groups is 1. The molecule has 0 radical (unpaired) electrons. The van der Waals surface area contributed by atoms with Crippen LogP contribution >= 0.6 is 22.6 Å². The predicted molar refractivity (Wildman–Crippen MR) is 93.9 cm³/mol. The van der Waals surface area contributed by atoms with Crippen molar-refractivity contribution in [1.29, 1.82) is 0 Å². The van der Waals surface area contributed by atoms with Crippen LogP contribution in [0.3, 0.4) is 0 Å². The molecule has 0 aliphatic rings. The van der Waals surface area contributed by atoms with Crippen molar-refractivity contribution in [1.82, 2.24) is 14.9 Å². The average Bonchev–Trinajstić information content (AvgIpc) is 3.07. The molecule has 3 aromatic rings. The van der Waals surface area contributed by atoms with Gasteiger partial charge in [0.2, 0.25) is 0 Å². The molecule has 0 atom stereocenters. The Hall–Kier alpha value is -2.15. The van der Waals surface area contributed by atoms with Gasteiger partial charge in [-0.15, -0.1) is 0 Å². The van der Waals surface area contributed by atoms with Crippen molar-refractivity contribution in [3.8, 4) is 5.69 Å². The van der Waals surface area contributed by atoms with E-state index < -0.39 is 0 Å². The predicted octanol–water partition coefficient (Wildman–Crippen LogP) is 3.41. The minimum atomic E-state index is -0.0644. The van der Waals surface area contributed by atoms with Crippen LogP contribution in [0.4, 0.5) is 0 Å². The lowest BCUT2D eigenvalue weighted by Gasteiger charge is -2.11. The Morgan fingerprint density at radius 3 is 2.68 bits per heavy atom. The van der Waals surface area contributed by atoms with Gasteiger partial charge in [-0.2, -0.15) is 0 Å². The fraction of sp³-hybridized carbons (Fsp3) is 0.0588. The van der Waals surface area contributed by atoms with E-state index in [4.69, 9.17) is 0 Å². The third-order valence-electron chi connectivity index (χ3n) is 3.33. The number of hydrogen-bond acceptors (Lipinski definition) is 2. The third kappa shape index (κ3) is 3.19. The summed E-state index contributed by atoms with van der Waals surface area (Å²) in [6, 6.07) is 15.5. The lowest BCUT2D eigenvalue weighted by Crippen LogP contribution is -2.24. The van der Waals surface area contributed by atoms with E-state index in [1.54, 1.807) is 12.5 Å². The Morgan fingerprint density at radius 2 is 1.91 bits per heavy atom. The average molecular weight is 403 g/mol. The largest absolute Gasteiger partial charge is 0.348 e. The lowest BCUT2D eigenvalue weighted by atomic mass is 10.1. The molecular weight excluding hydrogens is 389 g/mol. The molecule has 110 valence electrons. The van der Waals surface area contributed by atoms with Crippen LogP contribution < -0.4 is 5.32 Å². The van der Waals surface area contributed by atoms with Gasteiger partial charge in [0, 0.05) is 22.5 Å². The molecule has 0 fully saturated rings. The Kier molecular flexibility index (Phi) is 4.53. The summed E-state index contributed by atoms with van der Waals surface area (Å²) in [5.74, 6) is -0.0644. The second-order valence-corrected chi connectivity index (χ2v) is 5.92. The van der Waals surface area contributed by atoms with Crippen molar-refractivity contribution in [2.45, 2.75) is 6.54 Å². The second-order valence-electron chi connectivity index (χ2n) is 4.76. The molecule has 22 heavy (non-hydrogen) atoms. The monoisotopic (exact) mass is 403 g/mol. The first-order chi connectivity index (χ1) is 10.8. The zero-order chi connectivity index (χ0) is 15.4. The molecule has 0 bridgehead atoms. The van der Waals surface area contributed by atoms with E-state index in [1.807, 2.05) is 59.3 Å². The molecule has 1 N–H and O–H groups in total. The van der Waals surface area contributed by atoms with Gasteiger partial charge in [-0.3, -0.25) is 4.79 Å². The molecule has 2 aromatic carbocycles. The SMILES string of the molecule is O=C(NCc1ccccc1-n1ccnc1)c1ccccc1I. The van der Waals surface area contributed by atoms with Crippen molar-refractivity contribution in [2.24, 2.45) is 0 Å². The van der Waals surface area contributed by atoms with Gasteiger partial charge in [-0.25, -0.2) is 4.98 Å². The van der Waals surface area contributed by atoms with Gasteiger partial charge in [0.15, 0.2) is 0 Å². The Morgan fingerprint density at radius 1 is 1.14 bits per heavy atom. The van der Waals surface area contributed by atoms with Crippen LogP contribution in [0.2, 0.25) is 0 Å². The normalized spacial score (nSPS) is 10.4. The molecule has 1 aromatic heterocycles. The molecule has 3 rings (SSSR count). The van der Waals surface area contributed by atoms with Crippen LogP contribution in [0.1, 0.15) is 15.9 Å². The first-order valence-corrected chi connectivity index (χ1v) is 7.92. The highest BCUT2D eigenvalue weighted by atomic mass is 127. The minimum absolute atomic E-state index is 0.0644. The number of rotatable bonds is 4. The van der Waals surface area contributed by atoms with Gasteiger partial charge in [0.1, 0.15) is 0 Å². The van der Waals surface area contributed by atoms with Crippen molar-refractivity contribution >= 4 is 28.5 Å². The number of imidazole rings is 1. The zero-order valence-corrected chi connectivity index (χ0v) is 13.9. The van der Waals surface area contributed by atoms with Gasteiger partial charge in [0.05, 0.1) is 17.6 Å². The molecule has 0 saturated heterocycles. The number of para-hydroxylation sites is 1. The number of aromatic nitrogens is 2. The number of carbonyl (C=O) groups excluding carboxylic acids is 1. The van der Waals surface area contributed by atoms with Crippen LogP contribution in [-0.4, -0.2) is 15.5 Å². The Balaban J connectivity index is 1.78. The number of hydrogen-bond donors (Lipinski definition) is 1. The third-order valence-corrected chi connectivity index (χ3v) is 4.27. The summed E-state index contributed by atoms with van der Waals surface area (Å²) in [5, 5.41) is 2.98. The van der Waals surface area contributed by atoms with E-state index in [-0.39, 0.29) is 5.91 Å². The summed E-state index contributed by atoms with van der Waals surface area (Å²) < 4.78 is 2.88. The molecule has 0 spiro atoms. The maximum atomic E-state index is 12.3. The van der Waals surface area contributed by atoms with Crippen molar-refractivity contribution < 1.29 is 4.79 Å². The lowest BCUT2D eigenvalue weighted by molar-refractivity contribution is 0.0950. The molecule has 0 aliphatic heterocycles. The molecule has 0 unspecified atom stereocenters. The number of amides is 1. The van der Waals surface area contributed by atoms with Crippen LogP contribution in [0.15, 0.2) is 67.3 Å². The van der Waals surface area contributed by atoms with Crippen LogP contribution in [0.25, 0.3) is 5.69 Å². The summed E-state index contributed by atoms with van der Waals surface area (Å²) in [4.78, 5) is 16.4. The Bertz CT molecular complexity index is 784. The molecular formula is C17H14IN3O. The van der Waals surface area contributed by atoms with Gasteiger partial charge in [0.25, 0.3) is 5.91 Å². The topological polar surface area (TPSA) is 46.9 Å². The summed E-state index contributed by atoms with van der Waals surface area (Å²) in [7, 11) is 0. The molecule has 4 nitrogen and oxygen atoms in total. The second kappa shape index (κ2) is 6.74. The first-order valence-electron chi connectivity index (χ1n) is 6.84. The van der Waals surface area contributed by atoms with Crippen molar-refractivity contribution in [3.63, 3.8) is 0 Å². The summed E-state index contributed by atoms with van der Waals surface area (Å²) >= 11 is 2.17. The summed E-state index contributed by atoms with van der Waals surface area (Å²) in [6.45, 7) is 0.470. The molecule has 1 amide bonds. The summed E-state index contributed by atoms with van der Waals surface area (Å²) in [6.07, 6.45) is 5.38. The summed E-state index contributed by atoms with van der Waals surface area (Å²) in [5.41, 5.74) is 2.76. The van der Waals surface area contributed by atoms with Gasteiger partial charge >= 0.3 is 0 Å². The molecule has 5 heteroatoms. The smallest absolute Gasteiger partial charge is 0.252 e. The standard InChI is InChI=1S/C17H14IN3O/c18-15-7-3-2-6-14(15)17(22)20-11-13-5-1-4-8-16(13)21-10-9-19-12-21/h1-10,12H,11H2,(H,20,22). The van der Waals surface area contributed by atoms with Gasteiger partial charge < -0.3 is 9.88 Å². The number of nitrogens with one attached hydrogen (secondary N) is 1. The molecule has 0 aliphatic carbocycles. The van der Waals surface area contributed by atoms with E-state index in [9.17, 15) is 4.79 Å². The van der Waals surface area contributed by atoms with Crippen LogP contribution in [0.5, 0.6) is 0 Å². The van der Waals surface area contributed by atoms with Crippen molar-refractivity contribution in [2.75, 3.05) is 0 Å². The highest BCUT2D eigenvalue weighted by molar-refractivity contribution is 14.1. The van der Waals surface area contributed by atoms with Gasteiger partial charge in [-0.1, -0.05) is 30.3 Å². The maximum Gasteiger partial charge on any atom is 0.252 e. The highest BCUT2D eigenvalue weighted by Crippen LogP contribution is 2.15. The van der Waals surface area contributed by atoms with Crippen LogP contribution in [0, 0.1) is 3.57 Å². The first kappa shape index (κ1) is 14.8. The minimum Gasteiger partial charge on any atom is -0.348 e. The Labute approximate surface area is 142 Å². The van der Waals surface area contributed by atoms with Crippen molar-refractivity contribution in [3.05, 3.63) is 81.9 Å². The van der Waals surface area contributed by atoms with Crippen LogP contribution in [-0.2, 0) is 6.54 Å². The van der Waals surface area contributed by atoms with E-state index in [2.05, 4.69) is 32.9 Å². The van der Waals surface area contributed by atoms with E-state index in [1.165, 1.54) is 0 Å². The fourth-order valence-corrected chi connectivity index (χ4v) is 2.86. The number of benzene rings is 2. The molecule has 0 saturated carbocycles. The van der Waals surface area contributed by atoms with Gasteiger partial charge in [-0.05, 0) is 46.4 Å². The highest BCUT2D eigenvalue weighted by Gasteiger charge is 2.10.